The minimum absolute atomic E-state index is 0.0879. The van der Waals surface area contributed by atoms with Crippen molar-refractivity contribution in [3.8, 4) is 5.75 Å². The molecule has 1 aliphatic heterocycles. The maximum atomic E-state index is 12.5. The standard InChI is InChI=1S/C23H17NO4/c1-15-6-8-16(9-7-15)21(25)14-28-18-12-10-17(11-13-18)24-22(26)19-4-2-3-5-20(19)23(24)27/h2-13H,14H2,1H3. The first-order valence-electron chi connectivity index (χ1n) is 8.85. The molecular formula is C23H17NO4. The SMILES string of the molecule is Cc1ccc(C(=O)COc2ccc(N3C(=O)c4ccccc4C3=O)cc2)cc1. The van der Waals surface area contributed by atoms with Crippen molar-refractivity contribution < 1.29 is 19.1 Å². The van der Waals surface area contributed by atoms with Crippen LogP contribution in [0.15, 0.2) is 72.8 Å². The lowest BCUT2D eigenvalue weighted by molar-refractivity contribution is 0.0915. The average Bonchev–Trinajstić information content (AvgIpc) is 2.98. The Balaban J connectivity index is 1.45. The number of fused-ring (bicyclic) bond motifs is 1. The molecule has 5 nitrogen and oxygen atoms in total. The van der Waals surface area contributed by atoms with Crippen molar-refractivity contribution in [1.29, 1.82) is 0 Å². The largest absolute Gasteiger partial charge is 0.485 e. The van der Waals surface area contributed by atoms with E-state index in [-0.39, 0.29) is 24.2 Å². The normalized spacial score (nSPS) is 12.8. The van der Waals surface area contributed by atoms with E-state index in [1.165, 1.54) is 0 Å². The summed E-state index contributed by atoms with van der Waals surface area (Å²) in [6.07, 6.45) is 0. The molecule has 0 saturated carbocycles. The Morgan fingerprint density at radius 1 is 0.821 bits per heavy atom. The lowest BCUT2D eigenvalue weighted by Crippen LogP contribution is -2.29. The van der Waals surface area contributed by atoms with Gasteiger partial charge < -0.3 is 4.74 Å². The number of rotatable bonds is 5. The lowest BCUT2D eigenvalue weighted by atomic mass is 10.1. The molecule has 0 aliphatic carbocycles. The highest BCUT2D eigenvalue weighted by molar-refractivity contribution is 6.34. The van der Waals surface area contributed by atoms with E-state index in [9.17, 15) is 14.4 Å². The van der Waals surface area contributed by atoms with E-state index in [0.717, 1.165) is 10.5 Å². The minimum Gasteiger partial charge on any atom is -0.485 e. The highest BCUT2D eigenvalue weighted by atomic mass is 16.5. The number of carbonyl (C=O) groups is 3. The number of anilines is 1. The first-order valence-corrected chi connectivity index (χ1v) is 8.85. The molecule has 0 radical (unpaired) electrons. The van der Waals surface area contributed by atoms with Gasteiger partial charge >= 0.3 is 0 Å². The third kappa shape index (κ3) is 3.18. The predicted octanol–water partition coefficient (Wildman–Crippen LogP) is 4.06. The van der Waals surface area contributed by atoms with E-state index in [0.29, 0.717) is 28.1 Å². The van der Waals surface area contributed by atoms with Gasteiger partial charge in [0.05, 0.1) is 16.8 Å². The van der Waals surface area contributed by atoms with Crippen LogP contribution in [0, 0.1) is 6.92 Å². The molecule has 2 amide bonds. The number of aryl methyl sites for hydroxylation is 1. The number of ketones is 1. The molecule has 0 aromatic heterocycles. The molecule has 28 heavy (non-hydrogen) atoms. The highest BCUT2D eigenvalue weighted by Gasteiger charge is 2.36. The fourth-order valence-electron chi connectivity index (χ4n) is 3.09. The average molecular weight is 371 g/mol. The second-order valence-corrected chi connectivity index (χ2v) is 6.56. The van der Waals surface area contributed by atoms with Crippen LogP contribution in [-0.2, 0) is 0 Å². The molecule has 1 aliphatic rings. The van der Waals surface area contributed by atoms with E-state index in [1.807, 2.05) is 19.1 Å². The number of benzene rings is 3. The summed E-state index contributed by atoms with van der Waals surface area (Å²) in [6.45, 7) is 1.87. The van der Waals surface area contributed by atoms with Crippen LogP contribution in [-0.4, -0.2) is 24.2 Å². The van der Waals surface area contributed by atoms with Crippen molar-refractivity contribution in [1.82, 2.24) is 0 Å². The topological polar surface area (TPSA) is 63.7 Å². The van der Waals surface area contributed by atoms with Crippen LogP contribution in [0.5, 0.6) is 5.75 Å². The molecule has 0 spiro atoms. The molecule has 3 aromatic rings. The molecule has 0 saturated heterocycles. The smallest absolute Gasteiger partial charge is 0.266 e. The van der Waals surface area contributed by atoms with Crippen molar-refractivity contribution in [2.45, 2.75) is 6.92 Å². The van der Waals surface area contributed by atoms with E-state index in [4.69, 9.17) is 4.74 Å². The summed E-state index contributed by atoms with van der Waals surface area (Å²) < 4.78 is 5.55. The molecule has 138 valence electrons. The zero-order valence-electron chi connectivity index (χ0n) is 15.2. The molecule has 0 unspecified atom stereocenters. The molecule has 0 fully saturated rings. The summed E-state index contributed by atoms with van der Waals surface area (Å²) in [5, 5.41) is 0. The lowest BCUT2D eigenvalue weighted by Gasteiger charge is -2.14. The summed E-state index contributed by atoms with van der Waals surface area (Å²) >= 11 is 0. The van der Waals surface area contributed by atoms with Gasteiger partial charge in [0.15, 0.2) is 12.4 Å². The Labute approximate surface area is 162 Å². The van der Waals surface area contributed by atoms with Crippen molar-refractivity contribution >= 4 is 23.3 Å². The van der Waals surface area contributed by atoms with Crippen LogP contribution in [0.4, 0.5) is 5.69 Å². The van der Waals surface area contributed by atoms with Gasteiger partial charge in [0.1, 0.15) is 5.75 Å². The van der Waals surface area contributed by atoms with E-state index in [2.05, 4.69) is 0 Å². The molecule has 1 heterocycles. The quantitative estimate of drug-likeness (QED) is 0.501. The van der Waals surface area contributed by atoms with Gasteiger partial charge in [0.2, 0.25) is 0 Å². The van der Waals surface area contributed by atoms with Crippen LogP contribution in [0.25, 0.3) is 0 Å². The van der Waals surface area contributed by atoms with Gasteiger partial charge in [-0.2, -0.15) is 0 Å². The molecule has 5 heteroatoms. The number of ether oxygens (including phenoxy) is 1. The number of imide groups is 1. The molecule has 0 atom stereocenters. The second kappa shape index (κ2) is 7.12. The number of nitrogens with zero attached hydrogens (tertiary/aromatic N) is 1. The van der Waals surface area contributed by atoms with Gasteiger partial charge in [-0.1, -0.05) is 42.0 Å². The molecule has 3 aromatic carbocycles. The van der Waals surface area contributed by atoms with Crippen molar-refractivity contribution in [3.05, 3.63) is 95.1 Å². The maximum absolute atomic E-state index is 12.5. The fourth-order valence-corrected chi connectivity index (χ4v) is 3.09. The first-order chi connectivity index (χ1) is 13.5. The fraction of sp³-hybridized carbons (Fsp3) is 0.0870. The molecule has 0 N–H and O–H groups in total. The van der Waals surface area contributed by atoms with Crippen molar-refractivity contribution in [2.24, 2.45) is 0 Å². The van der Waals surface area contributed by atoms with Crippen LogP contribution >= 0.6 is 0 Å². The highest BCUT2D eigenvalue weighted by Crippen LogP contribution is 2.29. The molecule has 4 rings (SSSR count). The summed E-state index contributed by atoms with van der Waals surface area (Å²) in [6, 6.07) is 20.6. The van der Waals surface area contributed by atoms with Crippen LogP contribution < -0.4 is 9.64 Å². The van der Waals surface area contributed by atoms with Gasteiger partial charge in [0.25, 0.3) is 11.8 Å². The maximum Gasteiger partial charge on any atom is 0.266 e. The van der Waals surface area contributed by atoms with Gasteiger partial charge in [0, 0.05) is 5.56 Å². The van der Waals surface area contributed by atoms with Crippen LogP contribution in [0.1, 0.15) is 36.6 Å². The third-order valence-electron chi connectivity index (χ3n) is 4.63. The number of hydrogen-bond donors (Lipinski definition) is 0. The monoisotopic (exact) mass is 371 g/mol. The number of carbonyl (C=O) groups excluding carboxylic acids is 3. The van der Waals surface area contributed by atoms with E-state index in [1.54, 1.807) is 60.7 Å². The van der Waals surface area contributed by atoms with Crippen molar-refractivity contribution in [3.63, 3.8) is 0 Å². The Morgan fingerprint density at radius 2 is 1.39 bits per heavy atom. The Hall–Kier alpha value is -3.73. The minimum atomic E-state index is -0.344. The Bertz CT molecular complexity index is 1030. The van der Waals surface area contributed by atoms with Gasteiger partial charge in [-0.15, -0.1) is 0 Å². The number of hydrogen-bond acceptors (Lipinski definition) is 4. The zero-order valence-corrected chi connectivity index (χ0v) is 15.2. The van der Waals surface area contributed by atoms with Crippen LogP contribution in [0.3, 0.4) is 0 Å². The van der Waals surface area contributed by atoms with Gasteiger partial charge in [-0.05, 0) is 43.3 Å². The number of amides is 2. The summed E-state index contributed by atoms with van der Waals surface area (Å²) in [7, 11) is 0. The van der Waals surface area contributed by atoms with Gasteiger partial charge in [-0.3, -0.25) is 14.4 Å². The Kier molecular flexibility index (Phi) is 4.49. The first kappa shape index (κ1) is 17.7. The van der Waals surface area contributed by atoms with Gasteiger partial charge in [-0.25, -0.2) is 4.90 Å². The summed E-state index contributed by atoms with van der Waals surface area (Å²) in [4.78, 5) is 38.4. The second-order valence-electron chi connectivity index (χ2n) is 6.56. The van der Waals surface area contributed by atoms with E-state index >= 15 is 0 Å². The Morgan fingerprint density at radius 3 is 1.96 bits per heavy atom. The zero-order chi connectivity index (χ0) is 19.7. The summed E-state index contributed by atoms with van der Waals surface area (Å²) in [5.74, 6) is -0.321. The van der Waals surface area contributed by atoms with Crippen molar-refractivity contribution in [2.75, 3.05) is 11.5 Å². The van der Waals surface area contributed by atoms with E-state index < -0.39 is 0 Å². The molecular weight excluding hydrogens is 354 g/mol. The molecule has 0 bridgehead atoms. The number of Topliss-reactive ketones (excluding diaryl/α,β-unsaturated/α-hetero) is 1. The van der Waals surface area contributed by atoms with Crippen LogP contribution in [0.2, 0.25) is 0 Å². The predicted molar refractivity (Wildman–Crippen MR) is 105 cm³/mol. The third-order valence-corrected chi connectivity index (χ3v) is 4.63. The summed E-state index contributed by atoms with van der Waals surface area (Å²) in [5.41, 5.74) is 2.94.